The van der Waals surface area contributed by atoms with E-state index in [0.717, 1.165) is 21.9 Å². The average molecular weight is 391 g/mol. The predicted octanol–water partition coefficient (Wildman–Crippen LogP) is 4.83. The second-order valence-corrected chi connectivity index (χ2v) is 7.81. The second-order valence-electron chi connectivity index (χ2n) is 6.51. The molecular formula is C22H18FN3OS. The highest BCUT2D eigenvalue weighted by Crippen LogP contribution is 2.28. The summed E-state index contributed by atoms with van der Waals surface area (Å²) in [6, 6.07) is 20.2. The number of benzene rings is 3. The number of hydrogen-bond donors (Lipinski definition) is 0. The van der Waals surface area contributed by atoms with Gasteiger partial charge in [-0.15, -0.1) is 5.10 Å². The summed E-state index contributed by atoms with van der Waals surface area (Å²) in [5, 5.41) is 11.1. The lowest BCUT2D eigenvalue weighted by Gasteiger charge is -2.15. The SMILES string of the molecule is C[C@@H]1S/C(=N/N=C\c2cccc3ccccc23)N(Cc2ccc(F)cc2)C1=O. The van der Waals surface area contributed by atoms with Crippen LogP contribution in [0.15, 0.2) is 76.9 Å². The largest absolute Gasteiger partial charge is 0.284 e. The first-order valence-electron chi connectivity index (χ1n) is 8.93. The molecule has 0 saturated carbocycles. The van der Waals surface area contributed by atoms with Crippen molar-refractivity contribution in [1.29, 1.82) is 0 Å². The Morgan fingerprint density at radius 3 is 2.64 bits per heavy atom. The van der Waals surface area contributed by atoms with E-state index in [1.165, 1.54) is 23.9 Å². The number of fused-ring (bicyclic) bond motifs is 1. The number of amidine groups is 1. The van der Waals surface area contributed by atoms with Crippen molar-refractivity contribution in [1.82, 2.24) is 4.90 Å². The van der Waals surface area contributed by atoms with Crippen LogP contribution in [0.1, 0.15) is 18.1 Å². The summed E-state index contributed by atoms with van der Waals surface area (Å²) >= 11 is 1.38. The molecule has 0 N–H and O–H groups in total. The maximum Gasteiger partial charge on any atom is 0.242 e. The Morgan fingerprint density at radius 1 is 1.07 bits per heavy atom. The third-order valence-corrected chi connectivity index (χ3v) is 5.61. The molecule has 0 unspecified atom stereocenters. The minimum atomic E-state index is -0.298. The van der Waals surface area contributed by atoms with Crippen LogP contribution in [0.25, 0.3) is 10.8 Å². The standard InChI is InChI=1S/C22H18FN3OS/c1-15-21(27)26(14-16-9-11-19(23)12-10-16)22(28-15)25-24-13-18-7-4-6-17-5-2-3-8-20(17)18/h2-13,15H,14H2,1H3/b24-13-,25-22+/t15-/m0/s1. The first kappa shape index (κ1) is 18.4. The van der Waals surface area contributed by atoms with E-state index < -0.39 is 0 Å². The van der Waals surface area contributed by atoms with E-state index in [9.17, 15) is 9.18 Å². The summed E-state index contributed by atoms with van der Waals surface area (Å²) in [7, 11) is 0. The first-order chi connectivity index (χ1) is 13.6. The van der Waals surface area contributed by atoms with E-state index in [1.54, 1.807) is 23.2 Å². The van der Waals surface area contributed by atoms with Crippen LogP contribution >= 0.6 is 11.8 Å². The molecule has 0 radical (unpaired) electrons. The molecule has 0 aromatic heterocycles. The van der Waals surface area contributed by atoms with E-state index in [1.807, 2.05) is 37.3 Å². The molecule has 1 aliphatic heterocycles. The highest BCUT2D eigenvalue weighted by Gasteiger charge is 2.35. The number of carbonyl (C=O) groups excluding carboxylic acids is 1. The molecular weight excluding hydrogens is 373 g/mol. The van der Waals surface area contributed by atoms with Gasteiger partial charge in [0.2, 0.25) is 5.91 Å². The molecule has 28 heavy (non-hydrogen) atoms. The average Bonchev–Trinajstić information content (AvgIpc) is 2.97. The van der Waals surface area contributed by atoms with E-state index in [0.29, 0.717) is 11.7 Å². The lowest BCUT2D eigenvalue weighted by Crippen LogP contribution is -2.30. The van der Waals surface area contributed by atoms with Crippen molar-refractivity contribution >= 4 is 39.8 Å². The van der Waals surface area contributed by atoms with E-state index >= 15 is 0 Å². The maximum absolute atomic E-state index is 13.1. The van der Waals surface area contributed by atoms with Crippen molar-refractivity contribution < 1.29 is 9.18 Å². The van der Waals surface area contributed by atoms with Gasteiger partial charge in [-0.3, -0.25) is 9.69 Å². The van der Waals surface area contributed by atoms with Crippen molar-refractivity contribution in [2.45, 2.75) is 18.7 Å². The molecule has 4 nitrogen and oxygen atoms in total. The van der Waals surface area contributed by atoms with E-state index in [-0.39, 0.29) is 17.0 Å². The van der Waals surface area contributed by atoms with Crippen molar-refractivity contribution in [3.05, 3.63) is 83.7 Å². The van der Waals surface area contributed by atoms with Gasteiger partial charge in [0.15, 0.2) is 5.17 Å². The Hall–Kier alpha value is -2.99. The number of thioether (sulfide) groups is 1. The number of rotatable bonds is 4. The summed E-state index contributed by atoms with van der Waals surface area (Å²) in [5.74, 6) is -0.318. The number of amides is 1. The Bertz CT molecular complexity index is 1070. The molecule has 1 fully saturated rings. The molecule has 6 heteroatoms. The van der Waals surface area contributed by atoms with Gasteiger partial charge in [-0.2, -0.15) is 5.10 Å². The molecule has 0 aliphatic carbocycles. The minimum Gasteiger partial charge on any atom is -0.284 e. The van der Waals surface area contributed by atoms with Gasteiger partial charge in [0.25, 0.3) is 0 Å². The van der Waals surface area contributed by atoms with Gasteiger partial charge in [-0.1, -0.05) is 66.4 Å². The van der Waals surface area contributed by atoms with Crippen LogP contribution < -0.4 is 0 Å². The fraction of sp³-hybridized carbons (Fsp3) is 0.136. The first-order valence-corrected chi connectivity index (χ1v) is 9.81. The Labute approximate surface area is 166 Å². The van der Waals surface area contributed by atoms with E-state index in [2.05, 4.69) is 22.3 Å². The highest BCUT2D eigenvalue weighted by molar-refractivity contribution is 8.15. The van der Waals surface area contributed by atoms with Crippen LogP contribution in [0.2, 0.25) is 0 Å². The molecule has 1 heterocycles. The van der Waals surface area contributed by atoms with Gasteiger partial charge < -0.3 is 0 Å². The van der Waals surface area contributed by atoms with Crippen LogP contribution in [-0.2, 0) is 11.3 Å². The summed E-state index contributed by atoms with van der Waals surface area (Å²) < 4.78 is 13.1. The number of halogens is 1. The number of nitrogens with zero attached hydrogens (tertiary/aromatic N) is 3. The van der Waals surface area contributed by atoms with Crippen LogP contribution in [0.5, 0.6) is 0 Å². The van der Waals surface area contributed by atoms with Gasteiger partial charge in [0, 0.05) is 5.56 Å². The van der Waals surface area contributed by atoms with Crippen LogP contribution in [0, 0.1) is 5.82 Å². The summed E-state index contributed by atoms with van der Waals surface area (Å²) in [6.45, 7) is 2.20. The molecule has 4 rings (SSSR count). The van der Waals surface area contributed by atoms with Gasteiger partial charge in [-0.25, -0.2) is 4.39 Å². The van der Waals surface area contributed by atoms with Gasteiger partial charge in [0.1, 0.15) is 5.82 Å². The molecule has 1 aliphatic rings. The lowest BCUT2D eigenvalue weighted by molar-refractivity contribution is -0.126. The predicted molar refractivity (Wildman–Crippen MR) is 113 cm³/mol. The van der Waals surface area contributed by atoms with Crippen LogP contribution in [0.4, 0.5) is 4.39 Å². The van der Waals surface area contributed by atoms with Gasteiger partial charge in [0.05, 0.1) is 18.0 Å². The Balaban J connectivity index is 1.58. The quantitative estimate of drug-likeness (QED) is 0.472. The second kappa shape index (κ2) is 7.94. The topological polar surface area (TPSA) is 45.0 Å². The molecule has 1 saturated heterocycles. The molecule has 1 atom stereocenters. The highest BCUT2D eigenvalue weighted by atomic mass is 32.2. The molecule has 0 bridgehead atoms. The van der Waals surface area contributed by atoms with Crippen molar-refractivity contribution in [2.75, 3.05) is 0 Å². The summed E-state index contributed by atoms with van der Waals surface area (Å²) in [5.41, 5.74) is 1.81. The third kappa shape index (κ3) is 3.82. The smallest absolute Gasteiger partial charge is 0.242 e. The lowest BCUT2D eigenvalue weighted by atomic mass is 10.1. The summed E-state index contributed by atoms with van der Waals surface area (Å²) in [6.07, 6.45) is 1.71. The zero-order chi connectivity index (χ0) is 19.5. The summed E-state index contributed by atoms with van der Waals surface area (Å²) in [4.78, 5) is 14.1. The van der Waals surface area contributed by atoms with Crippen molar-refractivity contribution in [2.24, 2.45) is 10.2 Å². The zero-order valence-electron chi connectivity index (χ0n) is 15.2. The van der Waals surface area contributed by atoms with Crippen LogP contribution in [0.3, 0.4) is 0 Å². The van der Waals surface area contributed by atoms with E-state index in [4.69, 9.17) is 0 Å². The molecule has 140 valence electrons. The van der Waals surface area contributed by atoms with Crippen LogP contribution in [-0.4, -0.2) is 27.4 Å². The fourth-order valence-corrected chi connectivity index (χ4v) is 4.01. The van der Waals surface area contributed by atoms with Crippen molar-refractivity contribution in [3.63, 3.8) is 0 Å². The molecule has 1 amide bonds. The number of hydrogen-bond acceptors (Lipinski definition) is 4. The maximum atomic E-state index is 13.1. The number of carbonyl (C=O) groups is 1. The monoisotopic (exact) mass is 391 g/mol. The molecule has 0 spiro atoms. The normalized spacial score (nSPS) is 18.6. The molecule has 3 aromatic carbocycles. The fourth-order valence-electron chi connectivity index (χ4n) is 3.08. The van der Waals surface area contributed by atoms with Crippen molar-refractivity contribution in [3.8, 4) is 0 Å². The Kier molecular flexibility index (Phi) is 5.21. The van der Waals surface area contributed by atoms with Gasteiger partial charge >= 0.3 is 0 Å². The van der Waals surface area contributed by atoms with Gasteiger partial charge in [-0.05, 0) is 35.4 Å². The molecule has 3 aromatic rings. The zero-order valence-corrected chi connectivity index (χ0v) is 16.1. The minimum absolute atomic E-state index is 0.0200. The third-order valence-electron chi connectivity index (χ3n) is 4.54. The Morgan fingerprint density at radius 2 is 1.82 bits per heavy atom.